The summed E-state index contributed by atoms with van der Waals surface area (Å²) in [5, 5.41) is 9.15. The first-order chi connectivity index (χ1) is 5.89. The van der Waals surface area contributed by atoms with Crippen molar-refractivity contribution in [3.8, 4) is 0 Å². The van der Waals surface area contributed by atoms with E-state index in [-0.39, 0.29) is 0 Å². The van der Waals surface area contributed by atoms with Crippen molar-refractivity contribution in [2.75, 3.05) is 5.73 Å². The Hall–Kier alpha value is -1.91. The Kier molecular flexibility index (Phi) is 3.30. The molecule has 0 radical (unpaired) electrons. The van der Waals surface area contributed by atoms with Crippen molar-refractivity contribution in [2.24, 2.45) is 0 Å². The summed E-state index contributed by atoms with van der Waals surface area (Å²) in [5.74, 6) is 0.426. The largest absolute Gasteiger partial charge is 0.381 e. The second-order valence-electron chi connectivity index (χ2n) is 1.92. The quantitative estimate of drug-likeness (QED) is 0.591. The van der Waals surface area contributed by atoms with Crippen LogP contribution in [0.25, 0.3) is 0 Å². The number of hydrogen-bond acceptors (Lipinski definition) is 4. The molecule has 0 aliphatic heterocycles. The van der Waals surface area contributed by atoms with E-state index in [1.54, 1.807) is 12.4 Å². The molecule has 0 aliphatic carbocycles. The Morgan fingerprint density at radius 1 is 1.17 bits per heavy atom. The molecule has 2 aromatic rings. The van der Waals surface area contributed by atoms with E-state index in [9.17, 15) is 0 Å². The van der Waals surface area contributed by atoms with E-state index in [1.807, 2.05) is 18.2 Å². The van der Waals surface area contributed by atoms with Crippen LogP contribution in [0.5, 0.6) is 0 Å². The van der Waals surface area contributed by atoms with Gasteiger partial charge in [-0.3, -0.25) is 10.1 Å². The Morgan fingerprint density at radius 3 is 2.08 bits per heavy atom. The maximum atomic E-state index is 5.07. The number of anilines is 1. The number of pyridine rings is 1. The van der Waals surface area contributed by atoms with Crippen LogP contribution in [0, 0.1) is 0 Å². The molecule has 12 heavy (non-hydrogen) atoms. The van der Waals surface area contributed by atoms with Gasteiger partial charge in [-0.05, 0) is 12.1 Å². The predicted molar refractivity (Wildman–Crippen MR) is 45.0 cm³/mol. The summed E-state index contributed by atoms with van der Waals surface area (Å²) in [7, 11) is 0. The summed E-state index contributed by atoms with van der Waals surface area (Å²) in [5.41, 5.74) is 5.07. The first kappa shape index (κ1) is 8.19. The van der Waals surface area contributed by atoms with Gasteiger partial charge in [0.05, 0.1) is 6.20 Å². The van der Waals surface area contributed by atoms with Crippen LogP contribution in [-0.2, 0) is 0 Å². The standard InChI is InChI=1S/C5H5N.C2H4N4/c1-2-4-6-5-3-1;3-2-1-4-6-5-2/h1-5H;1H,(H3,3,4,5,6). The monoisotopic (exact) mass is 163 g/mol. The van der Waals surface area contributed by atoms with E-state index >= 15 is 0 Å². The van der Waals surface area contributed by atoms with Gasteiger partial charge < -0.3 is 5.73 Å². The zero-order valence-electron chi connectivity index (χ0n) is 6.38. The zero-order chi connectivity index (χ0) is 8.65. The molecule has 5 heteroatoms. The fourth-order valence-corrected chi connectivity index (χ4v) is 0.523. The smallest absolute Gasteiger partial charge is 0.165 e. The lowest BCUT2D eigenvalue weighted by Crippen LogP contribution is -1.81. The molecule has 0 unspecified atom stereocenters. The van der Waals surface area contributed by atoms with Crippen molar-refractivity contribution in [3.05, 3.63) is 36.8 Å². The minimum absolute atomic E-state index is 0.426. The number of rotatable bonds is 0. The minimum Gasteiger partial charge on any atom is -0.381 e. The molecule has 5 nitrogen and oxygen atoms in total. The van der Waals surface area contributed by atoms with Crippen LogP contribution in [0.3, 0.4) is 0 Å². The zero-order valence-corrected chi connectivity index (χ0v) is 6.38. The van der Waals surface area contributed by atoms with E-state index < -0.39 is 0 Å². The number of nitrogens with zero attached hydrogens (tertiary/aromatic N) is 3. The number of aromatic amines is 1. The Morgan fingerprint density at radius 2 is 1.92 bits per heavy atom. The summed E-state index contributed by atoms with van der Waals surface area (Å²) < 4.78 is 0. The van der Waals surface area contributed by atoms with Crippen LogP contribution in [0.2, 0.25) is 0 Å². The molecule has 0 bridgehead atoms. The van der Waals surface area contributed by atoms with Gasteiger partial charge in [0.15, 0.2) is 5.82 Å². The Labute approximate surface area is 69.6 Å². The molecule has 0 saturated heterocycles. The fraction of sp³-hybridized carbons (Fsp3) is 0. The maximum Gasteiger partial charge on any atom is 0.165 e. The third-order valence-corrected chi connectivity index (χ3v) is 1.00. The number of hydrogen-bond donors (Lipinski definition) is 2. The summed E-state index contributed by atoms with van der Waals surface area (Å²) in [6.07, 6.45) is 5.01. The summed E-state index contributed by atoms with van der Waals surface area (Å²) in [4.78, 5) is 3.78. The second kappa shape index (κ2) is 4.84. The third-order valence-electron chi connectivity index (χ3n) is 1.00. The number of aromatic nitrogens is 4. The van der Waals surface area contributed by atoms with Gasteiger partial charge in [-0.25, -0.2) is 0 Å². The molecule has 2 rings (SSSR count). The molecule has 0 aliphatic rings. The van der Waals surface area contributed by atoms with Gasteiger partial charge in [-0.1, -0.05) is 11.3 Å². The number of nitrogens with two attached hydrogens (primary N) is 1. The van der Waals surface area contributed by atoms with Gasteiger partial charge in [-0.2, -0.15) is 0 Å². The molecule has 0 fully saturated rings. The highest BCUT2D eigenvalue weighted by Gasteiger charge is 1.76. The van der Waals surface area contributed by atoms with Crippen molar-refractivity contribution in [1.29, 1.82) is 0 Å². The van der Waals surface area contributed by atoms with Gasteiger partial charge in [0.2, 0.25) is 0 Å². The molecule has 0 aromatic carbocycles. The summed E-state index contributed by atoms with van der Waals surface area (Å²) in [6, 6.07) is 5.72. The van der Waals surface area contributed by atoms with E-state index in [2.05, 4.69) is 20.4 Å². The Balaban J connectivity index is 0.000000120. The van der Waals surface area contributed by atoms with Gasteiger partial charge in [-0.15, -0.1) is 5.10 Å². The number of H-pyrrole nitrogens is 1. The van der Waals surface area contributed by atoms with E-state index in [0.29, 0.717) is 5.82 Å². The summed E-state index contributed by atoms with van der Waals surface area (Å²) in [6.45, 7) is 0. The molecular weight excluding hydrogens is 154 g/mol. The van der Waals surface area contributed by atoms with Crippen LogP contribution >= 0.6 is 0 Å². The topological polar surface area (TPSA) is 80.5 Å². The molecule has 0 amide bonds. The van der Waals surface area contributed by atoms with Crippen molar-refractivity contribution < 1.29 is 0 Å². The average molecular weight is 163 g/mol. The molecule has 62 valence electrons. The highest BCUT2D eigenvalue weighted by molar-refractivity contribution is 5.18. The average Bonchev–Trinajstić information content (AvgIpc) is 2.60. The van der Waals surface area contributed by atoms with Crippen molar-refractivity contribution in [3.63, 3.8) is 0 Å². The predicted octanol–water partition coefficient (Wildman–Crippen LogP) is 0.468. The molecule has 2 heterocycles. The minimum atomic E-state index is 0.426. The number of nitrogen functional groups attached to an aromatic ring is 1. The van der Waals surface area contributed by atoms with E-state index in [1.165, 1.54) is 6.20 Å². The SMILES string of the molecule is Nc1c[nH]nn1.c1ccncc1. The van der Waals surface area contributed by atoms with Gasteiger partial charge in [0, 0.05) is 12.4 Å². The highest BCUT2D eigenvalue weighted by Crippen LogP contribution is 1.81. The second-order valence-corrected chi connectivity index (χ2v) is 1.92. The maximum absolute atomic E-state index is 5.07. The van der Waals surface area contributed by atoms with Crippen LogP contribution in [0.1, 0.15) is 0 Å². The third kappa shape index (κ3) is 3.31. The number of nitrogens with one attached hydrogen (secondary N) is 1. The molecule has 0 atom stereocenters. The first-order valence-corrected chi connectivity index (χ1v) is 3.36. The molecular formula is C7H9N5. The first-order valence-electron chi connectivity index (χ1n) is 3.36. The van der Waals surface area contributed by atoms with Crippen LogP contribution in [0.15, 0.2) is 36.8 Å². The molecule has 3 N–H and O–H groups in total. The molecule has 0 saturated carbocycles. The van der Waals surface area contributed by atoms with Crippen LogP contribution < -0.4 is 5.73 Å². The molecule has 0 spiro atoms. The normalized spacial score (nSPS) is 8.33. The van der Waals surface area contributed by atoms with Crippen LogP contribution in [-0.4, -0.2) is 20.4 Å². The highest BCUT2D eigenvalue weighted by atomic mass is 15.3. The van der Waals surface area contributed by atoms with Crippen molar-refractivity contribution in [1.82, 2.24) is 20.4 Å². The van der Waals surface area contributed by atoms with E-state index in [0.717, 1.165) is 0 Å². The van der Waals surface area contributed by atoms with Crippen LogP contribution in [0.4, 0.5) is 5.82 Å². The lowest BCUT2D eigenvalue weighted by molar-refractivity contribution is 0.943. The van der Waals surface area contributed by atoms with Gasteiger partial charge >= 0.3 is 0 Å². The lowest BCUT2D eigenvalue weighted by Gasteiger charge is -1.70. The summed E-state index contributed by atoms with van der Waals surface area (Å²) >= 11 is 0. The van der Waals surface area contributed by atoms with Crippen molar-refractivity contribution in [2.45, 2.75) is 0 Å². The molecule has 2 aromatic heterocycles. The van der Waals surface area contributed by atoms with Crippen molar-refractivity contribution >= 4 is 5.82 Å². The Bertz CT molecular complexity index is 251. The van der Waals surface area contributed by atoms with Gasteiger partial charge in [0.1, 0.15) is 0 Å². The fourth-order valence-electron chi connectivity index (χ4n) is 0.523. The lowest BCUT2D eigenvalue weighted by atomic mass is 10.5. The van der Waals surface area contributed by atoms with E-state index in [4.69, 9.17) is 5.73 Å². The van der Waals surface area contributed by atoms with Gasteiger partial charge in [0.25, 0.3) is 0 Å².